The van der Waals surface area contributed by atoms with Gasteiger partial charge in [0.25, 0.3) is 0 Å². The number of allylic oxidation sites excluding steroid dienone is 1. The molecule has 3 aliphatic heterocycles. The Labute approximate surface area is 279 Å². The number of fused-ring (bicyclic) bond motifs is 13. The fourth-order valence-electron chi connectivity index (χ4n) is 13.4. The molecule has 2 aromatic rings. The molecule has 2 saturated carbocycles. The van der Waals surface area contributed by atoms with Gasteiger partial charge < -0.3 is 23.9 Å². The van der Waals surface area contributed by atoms with Crippen molar-refractivity contribution >= 4 is 22.3 Å². The van der Waals surface area contributed by atoms with Gasteiger partial charge >= 0.3 is 0 Å². The van der Waals surface area contributed by atoms with Crippen LogP contribution in [0.2, 0.25) is 0 Å². The SMILES string of the molecule is C=C(C)[C@H]1C(=O)c2c3c(cc4c5c(n1c24)C1(C)C(CCC2[C@]4(C)CCC(OC)OC4CC[C@@]21C)C5)C1=CC(C)(C)OC(C)(C)C1C3O. The minimum absolute atomic E-state index is 0.0552. The van der Waals surface area contributed by atoms with Crippen molar-refractivity contribution in [2.75, 3.05) is 7.11 Å². The number of hydrogen-bond acceptors (Lipinski definition) is 5. The zero-order chi connectivity index (χ0) is 33.4. The summed E-state index contributed by atoms with van der Waals surface area (Å²) in [6.45, 7) is 22.5. The van der Waals surface area contributed by atoms with E-state index in [0.717, 1.165) is 65.5 Å². The molecule has 4 aliphatic carbocycles. The van der Waals surface area contributed by atoms with Gasteiger partial charge in [-0.3, -0.25) is 4.79 Å². The van der Waals surface area contributed by atoms with Crippen LogP contribution in [0.25, 0.3) is 16.5 Å². The van der Waals surface area contributed by atoms with Gasteiger partial charge in [-0.2, -0.15) is 0 Å². The number of benzene rings is 1. The zero-order valence-electron chi connectivity index (χ0n) is 29.9. The average molecular weight is 640 g/mol. The fourth-order valence-corrected chi connectivity index (χ4v) is 13.4. The monoisotopic (exact) mass is 639 g/mol. The van der Waals surface area contributed by atoms with E-state index in [9.17, 15) is 9.90 Å². The molecule has 1 aromatic heterocycles. The van der Waals surface area contributed by atoms with E-state index in [-0.39, 0.29) is 40.3 Å². The van der Waals surface area contributed by atoms with Crippen LogP contribution in [0, 0.1) is 28.6 Å². The minimum Gasteiger partial charge on any atom is -0.388 e. The van der Waals surface area contributed by atoms with Gasteiger partial charge in [-0.1, -0.05) is 32.9 Å². The maximum atomic E-state index is 14.8. The number of ether oxygens (including phenoxy) is 3. The topological polar surface area (TPSA) is 69.9 Å². The predicted octanol–water partition coefficient (Wildman–Crippen LogP) is 8.39. The van der Waals surface area contributed by atoms with Gasteiger partial charge in [0.2, 0.25) is 0 Å². The number of ketones is 1. The first-order valence-corrected chi connectivity index (χ1v) is 18.2. The van der Waals surface area contributed by atoms with Crippen molar-refractivity contribution < 1.29 is 24.1 Å². The molecule has 7 aliphatic rings. The van der Waals surface area contributed by atoms with Crippen molar-refractivity contribution in [3.8, 4) is 0 Å². The van der Waals surface area contributed by atoms with Gasteiger partial charge in [-0.25, -0.2) is 0 Å². The van der Waals surface area contributed by atoms with Crippen molar-refractivity contribution in [1.29, 1.82) is 0 Å². The molecule has 3 fully saturated rings. The van der Waals surface area contributed by atoms with E-state index in [0.29, 0.717) is 11.8 Å². The lowest BCUT2D eigenvalue weighted by atomic mass is 9.40. The molecule has 9 rings (SSSR count). The summed E-state index contributed by atoms with van der Waals surface area (Å²) in [7, 11) is 1.77. The molecule has 4 heterocycles. The molecule has 6 nitrogen and oxygen atoms in total. The number of nitrogens with zero attached hydrogens (tertiary/aromatic N) is 1. The maximum Gasteiger partial charge on any atom is 0.192 e. The molecule has 0 bridgehead atoms. The largest absolute Gasteiger partial charge is 0.388 e. The molecule has 10 atom stereocenters. The van der Waals surface area contributed by atoms with Crippen molar-refractivity contribution in [3.05, 3.63) is 52.2 Å². The number of methoxy groups -OCH3 is 1. The lowest BCUT2D eigenvalue weighted by Crippen LogP contribution is -2.64. The Balaban J connectivity index is 1.28. The van der Waals surface area contributed by atoms with Crippen LogP contribution in [-0.4, -0.2) is 46.2 Å². The Morgan fingerprint density at radius 1 is 1.06 bits per heavy atom. The van der Waals surface area contributed by atoms with Crippen LogP contribution in [0.4, 0.5) is 0 Å². The van der Waals surface area contributed by atoms with E-state index in [2.05, 4.69) is 71.8 Å². The number of aromatic nitrogens is 1. The van der Waals surface area contributed by atoms with E-state index in [1.54, 1.807) is 7.11 Å². The van der Waals surface area contributed by atoms with Gasteiger partial charge in [0, 0.05) is 35.1 Å². The summed E-state index contributed by atoms with van der Waals surface area (Å²) in [6.07, 6.45) is 9.20. The van der Waals surface area contributed by atoms with Crippen molar-refractivity contribution in [3.63, 3.8) is 0 Å². The summed E-state index contributed by atoms with van der Waals surface area (Å²) in [5, 5.41) is 13.4. The number of rotatable bonds is 2. The third-order valence-corrected chi connectivity index (χ3v) is 15.2. The molecule has 7 unspecified atom stereocenters. The van der Waals surface area contributed by atoms with Crippen LogP contribution < -0.4 is 0 Å². The molecule has 0 amide bonds. The molecule has 1 saturated heterocycles. The second-order valence-electron chi connectivity index (χ2n) is 18.3. The molecule has 1 N–H and O–H groups in total. The highest BCUT2D eigenvalue weighted by molar-refractivity contribution is 6.18. The van der Waals surface area contributed by atoms with E-state index in [4.69, 9.17) is 14.2 Å². The molecule has 0 radical (unpaired) electrons. The van der Waals surface area contributed by atoms with Gasteiger partial charge in [0.1, 0.15) is 6.04 Å². The normalized spacial score (nSPS) is 43.5. The Morgan fingerprint density at radius 2 is 1.81 bits per heavy atom. The second-order valence-corrected chi connectivity index (χ2v) is 18.3. The molecule has 0 spiro atoms. The number of Topliss-reactive ketones (excluding diaryl/α,β-unsaturated/α-hetero) is 1. The summed E-state index contributed by atoms with van der Waals surface area (Å²) in [6, 6.07) is 1.92. The van der Waals surface area contributed by atoms with Crippen molar-refractivity contribution in [2.45, 2.75) is 141 Å². The fraction of sp³-hybridized carbons (Fsp3) is 0.683. The van der Waals surface area contributed by atoms with E-state index in [1.165, 1.54) is 29.5 Å². The van der Waals surface area contributed by atoms with Crippen molar-refractivity contribution in [1.82, 2.24) is 4.57 Å². The maximum absolute atomic E-state index is 14.8. The Bertz CT molecular complexity index is 1830. The second kappa shape index (κ2) is 9.10. The van der Waals surface area contributed by atoms with E-state index >= 15 is 0 Å². The van der Waals surface area contributed by atoms with Crippen LogP contribution >= 0.6 is 0 Å². The first-order valence-electron chi connectivity index (χ1n) is 18.2. The third kappa shape index (κ3) is 3.45. The Morgan fingerprint density at radius 3 is 2.51 bits per heavy atom. The Hall–Kier alpha value is -2.25. The first kappa shape index (κ1) is 30.8. The molecule has 47 heavy (non-hydrogen) atoms. The lowest BCUT2D eigenvalue weighted by molar-refractivity contribution is -0.269. The lowest BCUT2D eigenvalue weighted by Gasteiger charge is -2.66. The number of hydrogen-bond donors (Lipinski definition) is 1. The summed E-state index contributed by atoms with van der Waals surface area (Å²) in [5.41, 5.74) is 7.46. The number of aliphatic hydroxyl groups is 1. The first-order chi connectivity index (χ1) is 22.0. The molecule has 6 heteroatoms. The van der Waals surface area contributed by atoms with Gasteiger partial charge in [0.15, 0.2) is 12.1 Å². The molecule has 252 valence electrons. The molecule has 1 aromatic carbocycles. The molecular weight excluding hydrogens is 586 g/mol. The predicted molar refractivity (Wildman–Crippen MR) is 183 cm³/mol. The summed E-state index contributed by atoms with van der Waals surface area (Å²) >= 11 is 0. The molecular formula is C41H53NO5. The number of carbonyl (C=O) groups excluding carboxylic acids is 1. The van der Waals surface area contributed by atoms with Gasteiger partial charge in [-0.15, -0.1) is 0 Å². The van der Waals surface area contributed by atoms with Crippen LogP contribution in [0.15, 0.2) is 24.3 Å². The Kier molecular flexibility index (Phi) is 5.96. The van der Waals surface area contributed by atoms with Gasteiger partial charge in [0.05, 0.1) is 34.5 Å². The van der Waals surface area contributed by atoms with Crippen LogP contribution in [0.3, 0.4) is 0 Å². The summed E-state index contributed by atoms with van der Waals surface area (Å²) in [4.78, 5) is 14.8. The van der Waals surface area contributed by atoms with Gasteiger partial charge in [-0.05, 0) is 131 Å². The summed E-state index contributed by atoms with van der Waals surface area (Å²) in [5.74, 6) is 0.918. The van der Waals surface area contributed by atoms with Crippen LogP contribution in [0.5, 0.6) is 0 Å². The highest BCUT2D eigenvalue weighted by Crippen LogP contribution is 2.72. The van der Waals surface area contributed by atoms with Crippen LogP contribution in [0.1, 0.15) is 139 Å². The third-order valence-electron chi connectivity index (χ3n) is 15.2. The number of aliphatic hydroxyl groups excluding tert-OH is 1. The average Bonchev–Trinajstić information content (AvgIpc) is 3.65. The zero-order valence-corrected chi connectivity index (χ0v) is 29.9. The standard InChI is InChI=1S/C41H53NO5/c1-20(2)32-35(44)30-29-22(25-19-37(3,4)47-38(5,6)31(25)34(29)43)18-23-24-17-21-11-12-26-39(7)15-14-28(45-10)46-27(39)13-16-40(26,8)41(21,9)36(24)42(32)33(23)30/h18-19,21,26-28,31-32,34,43H,1,11-17H2,2-10H3/t21?,26?,27?,28?,31?,32-,34?,39-,40-,41?/m0/s1. The highest BCUT2D eigenvalue weighted by Gasteiger charge is 2.69. The van der Waals surface area contributed by atoms with Crippen molar-refractivity contribution in [2.24, 2.45) is 28.6 Å². The van der Waals surface area contributed by atoms with E-state index < -0.39 is 23.3 Å². The number of carbonyl (C=O) groups is 1. The summed E-state index contributed by atoms with van der Waals surface area (Å²) < 4.78 is 21.3. The quantitative estimate of drug-likeness (QED) is 0.334. The van der Waals surface area contributed by atoms with E-state index in [1.807, 2.05) is 6.92 Å². The highest BCUT2D eigenvalue weighted by atomic mass is 16.7. The smallest absolute Gasteiger partial charge is 0.192 e. The minimum atomic E-state index is -0.801. The van der Waals surface area contributed by atoms with Crippen LogP contribution in [-0.2, 0) is 26.0 Å².